The summed E-state index contributed by atoms with van der Waals surface area (Å²) in [6.45, 7) is 9.66. The first kappa shape index (κ1) is 74.0. The van der Waals surface area contributed by atoms with Gasteiger partial charge in [-0.15, -0.1) is 0 Å². The summed E-state index contributed by atoms with van der Waals surface area (Å²) in [7, 11) is 0. The van der Waals surface area contributed by atoms with Crippen LogP contribution in [0.1, 0.15) is 105 Å². The van der Waals surface area contributed by atoms with Crippen molar-refractivity contribution in [2.45, 2.75) is 173 Å². The zero-order valence-electron chi connectivity index (χ0n) is 49.3. The van der Waals surface area contributed by atoms with Crippen LogP contribution in [0.15, 0.2) is 25.0 Å². The summed E-state index contributed by atoms with van der Waals surface area (Å²) < 4.78 is 0. The lowest BCUT2D eigenvalue weighted by atomic mass is 9.99. The number of imidazole rings is 2. The SMILES string of the molecule is CC(C)C[C@H](NC(=O)[C@H](CC(C)C)NC(=O)[C@H](CCC(N)=O)NC(=O)[C@H](Cc1cnc[nH]1)NC(=O)[C@H](CCC(=O)O)NC(=O)[C@H](CO)NC(=O)[C@@H](NC(=O)[C@H](C)N)C(C)C)C(=O)N[C@@H](Cc1cnc[nH]1)C(=O)N[C@@H](CC(=O)O)C(=O)N[C@@H](CN)C(=O)O. The van der Waals surface area contributed by atoms with E-state index in [9.17, 15) is 87.5 Å². The molecule has 0 unspecified atom stereocenters. The third-order valence-corrected chi connectivity index (χ3v) is 12.8. The maximum Gasteiger partial charge on any atom is 0.327 e. The molecular weight excluding hydrogens is 1150 g/mol. The molecule has 0 radical (unpaired) electrons. The Balaban J connectivity index is 2.51. The minimum absolute atomic E-state index is 0.0904. The van der Waals surface area contributed by atoms with Crippen molar-refractivity contribution in [1.29, 1.82) is 0 Å². The molecule has 484 valence electrons. The second-order valence-corrected chi connectivity index (χ2v) is 21.7. The maximum absolute atomic E-state index is 14.4. The first-order chi connectivity index (χ1) is 40.8. The molecule has 2 aromatic rings. The van der Waals surface area contributed by atoms with Gasteiger partial charge < -0.3 is 101 Å². The van der Waals surface area contributed by atoms with Gasteiger partial charge in [-0.2, -0.15) is 0 Å². The summed E-state index contributed by atoms with van der Waals surface area (Å²) in [5, 5.41) is 62.5. The quantitative estimate of drug-likeness (QED) is 0.0295. The Morgan fingerprint density at radius 1 is 0.471 bits per heavy atom. The van der Waals surface area contributed by atoms with Crippen LogP contribution in [0.4, 0.5) is 0 Å². The van der Waals surface area contributed by atoms with Crippen LogP contribution in [-0.2, 0) is 80.0 Å². The number of carboxylic acid groups (broad SMARTS) is 3. The number of hydrogen-bond donors (Lipinski definition) is 19. The molecule has 0 fully saturated rings. The number of aromatic nitrogens is 4. The normalized spacial score (nSPS) is 15.0. The molecule has 0 aliphatic rings. The van der Waals surface area contributed by atoms with Crippen molar-refractivity contribution >= 4 is 82.9 Å². The highest BCUT2D eigenvalue weighted by Crippen LogP contribution is 2.13. The number of carboxylic acids is 3. The number of nitrogens with zero attached hydrogens (tertiary/aromatic N) is 2. The van der Waals surface area contributed by atoms with Gasteiger partial charge in [0.05, 0.1) is 31.7 Å². The van der Waals surface area contributed by atoms with Crippen molar-refractivity contribution in [1.82, 2.24) is 73.1 Å². The summed E-state index contributed by atoms with van der Waals surface area (Å²) >= 11 is 0. The van der Waals surface area contributed by atoms with E-state index in [0.717, 1.165) is 0 Å². The fraction of sp³-hybridized carbons (Fsp3) is 0.615. The van der Waals surface area contributed by atoms with Crippen LogP contribution in [0, 0.1) is 17.8 Å². The highest BCUT2D eigenvalue weighted by atomic mass is 16.4. The number of aromatic amines is 2. The highest BCUT2D eigenvalue weighted by Gasteiger charge is 2.37. The standard InChI is InChI=1S/C52H83N17O18/c1-23(2)12-31(45(79)63-32(13-24(3)4)46(80)65-34(15-28-19-57-22-59-28)48(82)66-35(16-40(74)75)49(83)67-36(17-53)52(86)87)62-43(77)29(8-10-38(55)71)60-47(81)33(14-27-18-56-21-58-27)64-44(78)30(9-11-39(72)73)61-50(84)37(20-70)68-51(85)41(25(5)6)69-42(76)26(7)54/h18-19,21-26,29-37,41,70H,8-17,20,53-54H2,1-7H3,(H2,55,71)(H,56,58)(H,57,59)(H,60,81)(H,61,84)(H,62,77)(H,63,79)(H,64,78)(H,65,80)(H,66,82)(H,67,83)(H,68,85)(H,69,76)(H,72,73)(H,74,75)(H,86,87)/t26-,29-,30-,31-,32-,33-,34-,35-,36-,37-,41-/m0/s1. The molecule has 35 nitrogen and oxygen atoms in total. The van der Waals surface area contributed by atoms with E-state index in [4.69, 9.17) is 17.2 Å². The van der Waals surface area contributed by atoms with Gasteiger partial charge in [0, 0.05) is 56.0 Å². The van der Waals surface area contributed by atoms with Gasteiger partial charge in [0.2, 0.25) is 65.0 Å². The molecule has 22 N–H and O–H groups in total. The number of nitrogens with one attached hydrogen (secondary N) is 12. The molecule has 0 aliphatic heterocycles. The van der Waals surface area contributed by atoms with Crippen molar-refractivity contribution < 1.29 is 87.5 Å². The van der Waals surface area contributed by atoms with Crippen LogP contribution < -0.4 is 70.4 Å². The average Bonchev–Trinajstić information content (AvgIpc) is 4.31. The number of carbonyl (C=O) groups is 14. The first-order valence-electron chi connectivity index (χ1n) is 27.8. The second-order valence-electron chi connectivity index (χ2n) is 21.7. The van der Waals surface area contributed by atoms with Crippen LogP contribution >= 0.6 is 0 Å². The van der Waals surface area contributed by atoms with E-state index in [1.165, 1.54) is 32.0 Å². The van der Waals surface area contributed by atoms with E-state index in [0.29, 0.717) is 0 Å². The van der Waals surface area contributed by atoms with E-state index in [1.807, 2.05) is 5.32 Å². The molecule has 0 aliphatic carbocycles. The largest absolute Gasteiger partial charge is 0.481 e. The molecular formula is C52H83N17O18. The molecule has 0 saturated carbocycles. The number of amides is 11. The van der Waals surface area contributed by atoms with E-state index in [1.54, 1.807) is 41.5 Å². The summed E-state index contributed by atoms with van der Waals surface area (Å²) in [5.41, 5.74) is 17.0. The van der Waals surface area contributed by atoms with Gasteiger partial charge in [-0.3, -0.25) is 62.3 Å². The minimum Gasteiger partial charge on any atom is -0.481 e. The van der Waals surface area contributed by atoms with Gasteiger partial charge in [0.1, 0.15) is 60.4 Å². The summed E-state index contributed by atoms with van der Waals surface area (Å²) in [5.74, 6) is -17.1. The van der Waals surface area contributed by atoms with Crippen molar-refractivity contribution in [3.8, 4) is 0 Å². The number of aliphatic hydroxyl groups is 1. The number of aliphatic carboxylic acids is 3. The molecule has 0 saturated heterocycles. The summed E-state index contributed by atoms with van der Waals surface area (Å²) in [6.07, 6.45) is 0.744. The fourth-order valence-corrected chi connectivity index (χ4v) is 8.21. The Hall–Kier alpha value is -9.12. The van der Waals surface area contributed by atoms with Crippen molar-refractivity contribution in [3.63, 3.8) is 0 Å². The van der Waals surface area contributed by atoms with E-state index in [-0.39, 0.29) is 42.5 Å². The van der Waals surface area contributed by atoms with E-state index in [2.05, 4.69) is 67.8 Å². The van der Waals surface area contributed by atoms with Gasteiger partial charge in [-0.1, -0.05) is 41.5 Å². The van der Waals surface area contributed by atoms with E-state index >= 15 is 0 Å². The predicted molar refractivity (Wildman–Crippen MR) is 303 cm³/mol. The van der Waals surface area contributed by atoms with Crippen molar-refractivity contribution in [2.75, 3.05) is 13.2 Å². The van der Waals surface area contributed by atoms with Crippen LogP contribution in [-0.4, -0.2) is 203 Å². The zero-order valence-corrected chi connectivity index (χ0v) is 49.3. The third kappa shape index (κ3) is 26.8. The van der Waals surface area contributed by atoms with Gasteiger partial charge in [-0.05, 0) is 50.4 Å². The average molecular weight is 1230 g/mol. The van der Waals surface area contributed by atoms with Gasteiger partial charge >= 0.3 is 17.9 Å². The Kier molecular flexibility index (Phi) is 31.2. The Morgan fingerprint density at radius 3 is 1.20 bits per heavy atom. The third-order valence-electron chi connectivity index (χ3n) is 12.8. The number of nitrogens with two attached hydrogens (primary N) is 3. The number of aliphatic hydroxyl groups excluding tert-OH is 1. The highest BCUT2D eigenvalue weighted by molar-refractivity contribution is 5.99. The summed E-state index contributed by atoms with van der Waals surface area (Å²) in [6, 6.07) is -17.3. The lowest BCUT2D eigenvalue weighted by molar-refractivity contribution is -0.143. The molecule has 0 aromatic carbocycles. The van der Waals surface area contributed by atoms with Crippen molar-refractivity contribution in [2.24, 2.45) is 35.0 Å². The smallest absolute Gasteiger partial charge is 0.327 e. The van der Waals surface area contributed by atoms with Gasteiger partial charge in [0.25, 0.3) is 0 Å². The zero-order chi connectivity index (χ0) is 65.8. The number of rotatable bonds is 40. The van der Waals surface area contributed by atoms with Crippen LogP contribution in [0.3, 0.4) is 0 Å². The molecule has 2 heterocycles. The fourth-order valence-electron chi connectivity index (χ4n) is 8.21. The lowest BCUT2D eigenvalue weighted by Gasteiger charge is -2.29. The van der Waals surface area contributed by atoms with Crippen molar-refractivity contribution in [3.05, 3.63) is 36.4 Å². The topological polar surface area (TPSA) is 576 Å². The number of hydrogen-bond acceptors (Lipinski definition) is 19. The van der Waals surface area contributed by atoms with Gasteiger partial charge in [-0.25, -0.2) is 14.8 Å². The first-order valence-corrected chi connectivity index (χ1v) is 27.8. The molecule has 35 heteroatoms. The summed E-state index contributed by atoms with van der Waals surface area (Å²) in [4.78, 5) is 198. The predicted octanol–water partition coefficient (Wildman–Crippen LogP) is -6.50. The molecule has 2 rings (SSSR count). The molecule has 87 heavy (non-hydrogen) atoms. The molecule has 0 bridgehead atoms. The second kappa shape index (κ2) is 36.7. The number of primary amides is 1. The maximum atomic E-state index is 14.4. The monoisotopic (exact) mass is 1230 g/mol. The van der Waals surface area contributed by atoms with Crippen LogP contribution in [0.2, 0.25) is 0 Å². The molecule has 2 aromatic heterocycles. The molecule has 0 spiro atoms. The Bertz CT molecular complexity index is 2690. The number of carbonyl (C=O) groups excluding carboxylic acids is 11. The van der Waals surface area contributed by atoms with Crippen LogP contribution in [0.25, 0.3) is 0 Å². The van der Waals surface area contributed by atoms with Gasteiger partial charge in [0.15, 0.2) is 0 Å². The minimum atomic E-state index is -1.88. The van der Waals surface area contributed by atoms with Crippen LogP contribution in [0.5, 0.6) is 0 Å². The number of H-pyrrole nitrogens is 2. The Morgan fingerprint density at radius 2 is 0.839 bits per heavy atom. The Labute approximate surface area is 499 Å². The van der Waals surface area contributed by atoms with E-state index < -0.39 is 207 Å². The molecule has 11 atom stereocenters. The lowest BCUT2D eigenvalue weighted by Crippen LogP contribution is -2.61. The molecule has 11 amide bonds.